The van der Waals surface area contributed by atoms with Gasteiger partial charge in [0, 0.05) is 23.5 Å². The van der Waals surface area contributed by atoms with Gasteiger partial charge in [0.1, 0.15) is 5.01 Å². The Morgan fingerprint density at radius 1 is 1.41 bits per heavy atom. The highest BCUT2D eigenvalue weighted by atomic mass is 32.2. The summed E-state index contributed by atoms with van der Waals surface area (Å²) in [6.07, 6.45) is 6.08. The van der Waals surface area contributed by atoms with Crippen LogP contribution in [0, 0.1) is 12.3 Å². The van der Waals surface area contributed by atoms with Crippen molar-refractivity contribution in [2.24, 2.45) is 0 Å². The fourth-order valence-electron chi connectivity index (χ4n) is 3.08. The first-order valence-electron chi connectivity index (χ1n) is 8.43. The molecule has 2 aromatic rings. The minimum Gasteiger partial charge on any atom is -0.465 e. The number of rotatable bonds is 6. The maximum atomic E-state index is 11.8. The number of nitrogens with zero attached hydrogens (tertiary/aromatic N) is 2. The zero-order valence-electron chi connectivity index (χ0n) is 14.9. The lowest BCUT2D eigenvalue weighted by molar-refractivity contribution is 0.0600. The first kappa shape index (κ1) is 19.5. The predicted octanol–water partition coefficient (Wildman–Crippen LogP) is 2.22. The van der Waals surface area contributed by atoms with Crippen molar-refractivity contribution in [1.29, 1.82) is 0 Å². The first-order chi connectivity index (χ1) is 12.9. The Bertz CT molecular complexity index is 958. The van der Waals surface area contributed by atoms with Crippen molar-refractivity contribution in [3.05, 3.63) is 40.9 Å². The Balaban J connectivity index is 1.72. The summed E-state index contributed by atoms with van der Waals surface area (Å²) in [4.78, 5) is 18.2. The van der Waals surface area contributed by atoms with Crippen molar-refractivity contribution in [2.75, 3.05) is 25.2 Å². The summed E-state index contributed by atoms with van der Waals surface area (Å²) < 4.78 is 28.2. The van der Waals surface area contributed by atoms with E-state index in [4.69, 9.17) is 11.2 Å². The van der Waals surface area contributed by atoms with Crippen molar-refractivity contribution < 1.29 is 17.9 Å². The molecule has 0 amide bonds. The Morgan fingerprint density at radius 2 is 2.15 bits per heavy atom. The number of hydrogen-bond acceptors (Lipinski definition) is 7. The summed E-state index contributed by atoms with van der Waals surface area (Å²) >= 11 is 1.50. The van der Waals surface area contributed by atoms with Gasteiger partial charge in [-0.25, -0.2) is 18.2 Å². The van der Waals surface area contributed by atoms with Crippen LogP contribution < -0.4 is 0 Å². The van der Waals surface area contributed by atoms with Gasteiger partial charge in [-0.2, -0.15) is 0 Å². The van der Waals surface area contributed by atoms with Crippen LogP contribution in [0.1, 0.15) is 22.5 Å². The van der Waals surface area contributed by atoms with Crippen LogP contribution in [-0.2, 0) is 21.1 Å². The van der Waals surface area contributed by atoms with Crippen LogP contribution in [0.5, 0.6) is 0 Å². The van der Waals surface area contributed by atoms with E-state index in [1.165, 1.54) is 18.4 Å². The second-order valence-corrected chi connectivity index (χ2v) is 9.47. The van der Waals surface area contributed by atoms with Crippen LogP contribution in [0.15, 0.2) is 29.6 Å². The molecular formula is C19H20N2O4S2. The molecule has 1 saturated heterocycles. The number of terminal acetylenes is 1. The monoisotopic (exact) mass is 404 g/mol. The standard InChI is InChI=1S/C19H20N2O4S2/c1-3-9-21(17-8-10-27(23,24)13-17)11-16-12-26-18(20-16)14-4-6-15(7-5-14)19(22)25-2/h1,4-7,12,17H,8-11,13H2,2H3. The summed E-state index contributed by atoms with van der Waals surface area (Å²) in [6.45, 7) is 0.905. The molecule has 0 aliphatic carbocycles. The molecule has 1 aromatic carbocycles. The van der Waals surface area contributed by atoms with E-state index in [9.17, 15) is 13.2 Å². The Kier molecular flexibility index (Phi) is 5.95. The lowest BCUT2D eigenvalue weighted by Gasteiger charge is -2.24. The number of ether oxygens (including phenoxy) is 1. The number of thiazole rings is 1. The molecule has 1 atom stereocenters. The fraction of sp³-hybridized carbons (Fsp3) is 0.368. The molecule has 1 fully saturated rings. The largest absolute Gasteiger partial charge is 0.465 e. The van der Waals surface area contributed by atoms with Crippen LogP contribution in [0.4, 0.5) is 0 Å². The summed E-state index contributed by atoms with van der Waals surface area (Å²) in [5, 5.41) is 2.79. The Hall–Kier alpha value is -2.21. The molecule has 1 aliphatic rings. The molecule has 1 aromatic heterocycles. The number of carbonyl (C=O) groups is 1. The number of esters is 1. The summed E-state index contributed by atoms with van der Waals surface area (Å²) in [5.74, 6) is 2.61. The lowest BCUT2D eigenvalue weighted by Crippen LogP contribution is -2.36. The van der Waals surface area contributed by atoms with Crippen molar-refractivity contribution >= 4 is 27.1 Å². The van der Waals surface area contributed by atoms with E-state index in [1.54, 1.807) is 12.1 Å². The zero-order chi connectivity index (χ0) is 19.4. The average molecular weight is 405 g/mol. The average Bonchev–Trinajstić information content (AvgIpc) is 3.27. The smallest absolute Gasteiger partial charge is 0.337 e. The van der Waals surface area contributed by atoms with Gasteiger partial charge in [0.25, 0.3) is 0 Å². The van der Waals surface area contributed by atoms with E-state index in [-0.39, 0.29) is 23.5 Å². The van der Waals surface area contributed by atoms with Gasteiger partial charge in [-0.3, -0.25) is 4.90 Å². The molecule has 1 aliphatic heterocycles. The second kappa shape index (κ2) is 8.21. The van der Waals surface area contributed by atoms with Gasteiger partial charge in [-0.1, -0.05) is 18.1 Å². The normalized spacial score (nSPS) is 18.3. The molecule has 0 radical (unpaired) electrons. The summed E-state index contributed by atoms with van der Waals surface area (Å²) in [5.41, 5.74) is 2.25. The molecule has 0 spiro atoms. The summed E-state index contributed by atoms with van der Waals surface area (Å²) in [7, 11) is -1.62. The third kappa shape index (κ3) is 4.75. The van der Waals surface area contributed by atoms with Crippen LogP contribution >= 0.6 is 11.3 Å². The quantitative estimate of drug-likeness (QED) is 0.543. The van der Waals surface area contributed by atoms with Crippen LogP contribution in [-0.4, -0.2) is 55.5 Å². The number of carbonyl (C=O) groups excluding carboxylic acids is 1. The number of methoxy groups -OCH3 is 1. The van der Waals surface area contributed by atoms with Gasteiger partial charge < -0.3 is 4.74 Å². The van der Waals surface area contributed by atoms with Gasteiger partial charge in [0.15, 0.2) is 9.84 Å². The van der Waals surface area contributed by atoms with Crippen molar-refractivity contribution in [3.63, 3.8) is 0 Å². The molecule has 6 nitrogen and oxygen atoms in total. The van der Waals surface area contributed by atoms with Crippen LogP contribution in [0.3, 0.4) is 0 Å². The van der Waals surface area contributed by atoms with Gasteiger partial charge in [-0.15, -0.1) is 17.8 Å². The van der Waals surface area contributed by atoms with E-state index in [1.807, 2.05) is 22.4 Å². The van der Waals surface area contributed by atoms with Crippen molar-refractivity contribution in [3.8, 4) is 22.9 Å². The number of sulfone groups is 1. The molecule has 0 saturated carbocycles. The minimum atomic E-state index is -2.97. The third-order valence-corrected chi connectivity index (χ3v) is 7.18. The molecule has 27 heavy (non-hydrogen) atoms. The maximum absolute atomic E-state index is 11.8. The number of aromatic nitrogens is 1. The predicted molar refractivity (Wildman–Crippen MR) is 105 cm³/mol. The SMILES string of the molecule is C#CCN(Cc1csc(-c2ccc(C(=O)OC)cc2)n1)C1CCS(=O)(=O)C1. The molecule has 8 heteroatoms. The summed E-state index contributed by atoms with van der Waals surface area (Å²) in [6, 6.07) is 7.01. The molecule has 1 unspecified atom stereocenters. The van der Waals surface area contributed by atoms with Gasteiger partial charge in [-0.05, 0) is 18.6 Å². The van der Waals surface area contributed by atoms with Crippen molar-refractivity contribution in [1.82, 2.24) is 9.88 Å². The van der Waals surface area contributed by atoms with Gasteiger partial charge >= 0.3 is 5.97 Å². The Labute approximate surface area is 163 Å². The molecule has 0 N–H and O–H groups in total. The number of hydrogen-bond donors (Lipinski definition) is 0. The third-order valence-electron chi connectivity index (χ3n) is 4.49. The van der Waals surface area contributed by atoms with E-state index in [2.05, 4.69) is 10.9 Å². The minimum absolute atomic E-state index is 0.0597. The molecular weight excluding hydrogens is 384 g/mol. The lowest BCUT2D eigenvalue weighted by atomic mass is 10.1. The first-order valence-corrected chi connectivity index (χ1v) is 11.1. The van der Waals surface area contributed by atoms with E-state index in [0.717, 1.165) is 16.3 Å². The second-order valence-electron chi connectivity index (χ2n) is 6.38. The zero-order valence-corrected chi connectivity index (χ0v) is 16.6. The van der Waals surface area contributed by atoms with Crippen LogP contribution in [0.25, 0.3) is 10.6 Å². The molecule has 0 bridgehead atoms. The van der Waals surface area contributed by atoms with Crippen LogP contribution in [0.2, 0.25) is 0 Å². The van der Waals surface area contributed by atoms with E-state index in [0.29, 0.717) is 25.1 Å². The topological polar surface area (TPSA) is 76.6 Å². The number of benzene rings is 1. The maximum Gasteiger partial charge on any atom is 0.337 e. The van der Waals surface area contributed by atoms with Gasteiger partial charge in [0.05, 0.1) is 36.4 Å². The van der Waals surface area contributed by atoms with Crippen molar-refractivity contribution in [2.45, 2.75) is 19.0 Å². The highest BCUT2D eigenvalue weighted by molar-refractivity contribution is 7.91. The molecule has 3 rings (SSSR count). The highest BCUT2D eigenvalue weighted by Gasteiger charge is 2.32. The highest BCUT2D eigenvalue weighted by Crippen LogP contribution is 2.26. The fourth-order valence-corrected chi connectivity index (χ4v) is 5.66. The molecule has 2 heterocycles. The van der Waals surface area contributed by atoms with E-state index >= 15 is 0 Å². The van der Waals surface area contributed by atoms with E-state index < -0.39 is 9.84 Å². The molecule has 142 valence electrons. The van der Waals surface area contributed by atoms with Gasteiger partial charge in [0.2, 0.25) is 0 Å². The Morgan fingerprint density at radius 3 is 2.74 bits per heavy atom.